The Morgan fingerprint density at radius 2 is 2.16 bits per heavy atom. The highest BCUT2D eigenvalue weighted by atomic mass is 16.5. The number of aryl methyl sites for hydroxylation is 1. The molecule has 6 nitrogen and oxygen atoms in total. The van der Waals surface area contributed by atoms with E-state index in [2.05, 4.69) is 15.3 Å². The van der Waals surface area contributed by atoms with Gasteiger partial charge in [-0.3, -0.25) is 0 Å². The third kappa shape index (κ3) is 2.98. The first-order chi connectivity index (χ1) is 9.10. The molecule has 0 atom stereocenters. The first-order valence-electron chi connectivity index (χ1n) is 5.58. The molecule has 1 heterocycles. The molecule has 98 valence electrons. The van der Waals surface area contributed by atoms with Crippen LogP contribution in [0.1, 0.15) is 16.1 Å². The van der Waals surface area contributed by atoms with Gasteiger partial charge in [0.05, 0.1) is 7.11 Å². The van der Waals surface area contributed by atoms with Crippen molar-refractivity contribution in [1.82, 2.24) is 9.97 Å². The van der Waals surface area contributed by atoms with Crippen LogP contribution >= 0.6 is 0 Å². The zero-order valence-corrected chi connectivity index (χ0v) is 10.5. The van der Waals surface area contributed by atoms with Crippen LogP contribution in [-0.2, 0) is 0 Å². The molecular weight excluding hydrogens is 246 g/mol. The number of carboxylic acid groups (broad SMARTS) is 1. The van der Waals surface area contributed by atoms with Crippen molar-refractivity contribution < 1.29 is 14.6 Å². The molecule has 0 radical (unpaired) electrons. The van der Waals surface area contributed by atoms with Crippen molar-refractivity contribution >= 4 is 17.6 Å². The molecule has 0 saturated carbocycles. The van der Waals surface area contributed by atoms with Crippen LogP contribution in [0.3, 0.4) is 0 Å². The van der Waals surface area contributed by atoms with Crippen molar-refractivity contribution in [3.05, 3.63) is 41.7 Å². The molecule has 0 fully saturated rings. The number of ether oxygens (including phenoxy) is 1. The fraction of sp³-hybridized carbons (Fsp3) is 0.154. The molecule has 0 aliphatic rings. The molecule has 0 amide bonds. The minimum Gasteiger partial charge on any atom is -0.496 e. The average Bonchev–Trinajstić information content (AvgIpc) is 2.38. The Kier molecular flexibility index (Phi) is 3.61. The smallest absolute Gasteiger partial charge is 0.339 e. The molecule has 2 N–H and O–H groups in total. The molecule has 0 aliphatic carbocycles. The Balaban J connectivity index is 2.29. The van der Waals surface area contributed by atoms with E-state index in [0.717, 1.165) is 5.69 Å². The number of aromatic nitrogens is 2. The van der Waals surface area contributed by atoms with Gasteiger partial charge >= 0.3 is 5.97 Å². The number of rotatable bonds is 4. The van der Waals surface area contributed by atoms with Crippen molar-refractivity contribution in [1.29, 1.82) is 0 Å². The standard InChI is InChI=1S/C13H13N3O3/c1-8-5-6-14-13(15-8)16-9-3-4-10(12(17)18)11(7-9)19-2/h3-7H,1-2H3,(H,17,18)(H,14,15,16). The van der Waals surface area contributed by atoms with Gasteiger partial charge in [0, 0.05) is 23.6 Å². The zero-order valence-electron chi connectivity index (χ0n) is 10.5. The van der Waals surface area contributed by atoms with Crippen molar-refractivity contribution in [2.45, 2.75) is 6.92 Å². The normalized spacial score (nSPS) is 10.0. The molecule has 1 aromatic heterocycles. The molecule has 6 heteroatoms. The van der Waals surface area contributed by atoms with E-state index in [1.54, 1.807) is 24.4 Å². The zero-order chi connectivity index (χ0) is 13.8. The molecule has 0 saturated heterocycles. The van der Waals surface area contributed by atoms with Gasteiger partial charge in [-0.15, -0.1) is 0 Å². The Bertz CT molecular complexity index is 614. The molecule has 2 aromatic rings. The van der Waals surface area contributed by atoms with Gasteiger partial charge in [0.15, 0.2) is 0 Å². The number of nitrogens with one attached hydrogen (secondary N) is 1. The average molecular weight is 259 g/mol. The summed E-state index contributed by atoms with van der Waals surface area (Å²) in [5.41, 5.74) is 1.61. The van der Waals surface area contributed by atoms with Crippen LogP contribution in [0.25, 0.3) is 0 Å². The summed E-state index contributed by atoms with van der Waals surface area (Å²) in [6, 6.07) is 6.49. The van der Waals surface area contributed by atoms with E-state index in [1.165, 1.54) is 13.2 Å². The lowest BCUT2D eigenvalue weighted by molar-refractivity contribution is 0.0693. The summed E-state index contributed by atoms with van der Waals surface area (Å²) in [6.45, 7) is 1.86. The molecule has 0 spiro atoms. The van der Waals surface area contributed by atoms with E-state index in [9.17, 15) is 4.79 Å². The topological polar surface area (TPSA) is 84.3 Å². The quantitative estimate of drug-likeness (QED) is 0.875. The third-order valence-corrected chi connectivity index (χ3v) is 2.48. The SMILES string of the molecule is COc1cc(Nc2nccc(C)n2)ccc1C(=O)O. The van der Waals surface area contributed by atoms with E-state index in [0.29, 0.717) is 11.6 Å². The Morgan fingerprint density at radius 3 is 2.79 bits per heavy atom. The van der Waals surface area contributed by atoms with Gasteiger partial charge in [-0.1, -0.05) is 0 Å². The first kappa shape index (κ1) is 12.8. The second-order valence-electron chi connectivity index (χ2n) is 3.87. The van der Waals surface area contributed by atoms with Crippen molar-refractivity contribution in [2.24, 2.45) is 0 Å². The van der Waals surface area contributed by atoms with Gasteiger partial charge in [-0.05, 0) is 25.1 Å². The predicted molar refractivity (Wildman–Crippen MR) is 70.0 cm³/mol. The highest BCUT2D eigenvalue weighted by Crippen LogP contribution is 2.24. The Morgan fingerprint density at radius 1 is 1.37 bits per heavy atom. The van der Waals surface area contributed by atoms with Gasteiger partial charge in [0.2, 0.25) is 5.95 Å². The molecule has 0 unspecified atom stereocenters. The summed E-state index contributed by atoms with van der Waals surface area (Å²) < 4.78 is 5.05. The van der Waals surface area contributed by atoms with E-state index in [4.69, 9.17) is 9.84 Å². The minimum atomic E-state index is -1.03. The summed E-state index contributed by atoms with van der Waals surface area (Å²) in [5.74, 6) is -0.300. The van der Waals surface area contributed by atoms with Gasteiger partial charge in [-0.25, -0.2) is 14.8 Å². The van der Waals surface area contributed by atoms with Crippen molar-refractivity contribution in [3.63, 3.8) is 0 Å². The molecule has 0 aliphatic heterocycles. The lowest BCUT2D eigenvalue weighted by atomic mass is 10.2. The maximum atomic E-state index is 11.0. The maximum absolute atomic E-state index is 11.0. The second kappa shape index (κ2) is 5.34. The summed E-state index contributed by atoms with van der Waals surface area (Å²) in [5, 5.41) is 12.0. The number of methoxy groups -OCH3 is 1. The fourth-order valence-corrected chi connectivity index (χ4v) is 1.58. The number of anilines is 2. The summed E-state index contributed by atoms with van der Waals surface area (Å²) >= 11 is 0. The van der Waals surface area contributed by atoms with E-state index in [1.807, 2.05) is 6.92 Å². The highest BCUT2D eigenvalue weighted by Gasteiger charge is 2.11. The number of hydrogen-bond acceptors (Lipinski definition) is 5. The Labute approximate surface area is 110 Å². The van der Waals surface area contributed by atoms with Gasteiger partial charge in [0.1, 0.15) is 11.3 Å². The van der Waals surface area contributed by atoms with E-state index >= 15 is 0 Å². The third-order valence-electron chi connectivity index (χ3n) is 2.48. The van der Waals surface area contributed by atoms with E-state index in [-0.39, 0.29) is 11.3 Å². The molecular formula is C13H13N3O3. The summed E-state index contributed by atoms with van der Waals surface area (Å²) in [6.07, 6.45) is 1.65. The minimum absolute atomic E-state index is 0.109. The Hall–Kier alpha value is -2.63. The lowest BCUT2D eigenvalue weighted by Crippen LogP contribution is -2.02. The van der Waals surface area contributed by atoms with E-state index < -0.39 is 5.97 Å². The number of carbonyl (C=O) groups is 1. The van der Waals surface area contributed by atoms with Gasteiger partial charge in [0.25, 0.3) is 0 Å². The maximum Gasteiger partial charge on any atom is 0.339 e. The van der Waals surface area contributed by atoms with Gasteiger partial charge in [-0.2, -0.15) is 0 Å². The highest BCUT2D eigenvalue weighted by molar-refractivity contribution is 5.91. The van der Waals surface area contributed by atoms with Crippen LogP contribution < -0.4 is 10.1 Å². The lowest BCUT2D eigenvalue weighted by Gasteiger charge is -2.09. The van der Waals surface area contributed by atoms with Crippen molar-refractivity contribution in [3.8, 4) is 5.75 Å². The number of nitrogens with zero attached hydrogens (tertiary/aromatic N) is 2. The van der Waals surface area contributed by atoms with Crippen LogP contribution in [0.15, 0.2) is 30.5 Å². The van der Waals surface area contributed by atoms with Crippen molar-refractivity contribution in [2.75, 3.05) is 12.4 Å². The molecule has 0 bridgehead atoms. The van der Waals surface area contributed by atoms with Crippen LogP contribution in [-0.4, -0.2) is 28.2 Å². The predicted octanol–water partition coefficient (Wildman–Crippen LogP) is 2.24. The van der Waals surface area contributed by atoms with Crippen LogP contribution in [0, 0.1) is 6.92 Å². The van der Waals surface area contributed by atoms with Crippen LogP contribution in [0.5, 0.6) is 5.75 Å². The van der Waals surface area contributed by atoms with Crippen LogP contribution in [0.4, 0.5) is 11.6 Å². The second-order valence-corrected chi connectivity index (χ2v) is 3.87. The summed E-state index contributed by atoms with van der Waals surface area (Å²) in [7, 11) is 1.43. The summed E-state index contributed by atoms with van der Waals surface area (Å²) in [4.78, 5) is 19.2. The number of carboxylic acids is 1. The van der Waals surface area contributed by atoms with Crippen LogP contribution in [0.2, 0.25) is 0 Å². The monoisotopic (exact) mass is 259 g/mol. The first-order valence-corrected chi connectivity index (χ1v) is 5.58. The number of aromatic carboxylic acids is 1. The molecule has 2 rings (SSSR count). The number of benzene rings is 1. The fourth-order valence-electron chi connectivity index (χ4n) is 1.58. The molecule has 19 heavy (non-hydrogen) atoms. The number of hydrogen-bond donors (Lipinski definition) is 2. The van der Waals surface area contributed by atoms with Gasteiger partial charge < -0.3 is 15.2 Å². The molecule has 1 aromatic carbocycles. The largest absolute Gasteiger partial charge is 0.496 e.